The van der Waals surface area contributed by atoms with Gasteiger partial charge in [0, 0.05) is 4.90 Å². The number of hydrogen-bond donors (Lipinski definition) is 1. The van der Waals surface area contributed by atoms with Gasteiger partial charge in [-0.05, 0) is 31.2 Å². The first-order valence-electron chi connectivity index (χ1n) is 5.52. The Balaban J connectivity index is 2.68. The van der Waals surface area contributed by atoms with Crippen LogP contribution >= 0.6 is 11.8 Å². The Labute approximate surface area is 118 Å². The predicted molar refractivity (Wildman–Crippen MR) is 71.6 cm³/mol. The molecule has 0 saturated heterocycles. The Morgan fingerprint density at radius 3 is 2.65 bits per heavy atom. The summed E-state index contributed by atoms with van der Waals surface area (Å²) < 4.78 is 28.9. The zero-order valence-electron chi connectivity index (χ0n) is 10.5. The van der Waals surface area contributed by atoms with Gasteiger partial charge >= 0.3 is 5.97 Å². The minimum atomic E-state index is -2.49. The van der Waals surface area contributed by atoms with Gasteiger partial charge in [-0.2, -0.15) is 19.1 Å². The smallest absolute Gasteiger partial charge is 0.369 e. The molecule has 5 nitrogen and oxygen atoms in total. The van der Waals surface area contributed by atoms with Crippen LogP contribution in [0.4, 0.5) is 14.5 Å². The van der Waals surface area contributed by atoms with E-state index in [4.69, 9.17) is 5.26 Å². The lowest BCUT2D eigenvalue weighted by atomic mass is 10.3. The molecule has 1 rings (SSSR count). The summed E-state index contributed by atoms with van der Waals surface area (Å²) in [6, 6.07) is 7.58. The average molecular weight is 299 g/mol. The maximum Gasteiger partial charge on any atom is 0.369 e. The first kappa shape index (κ1) is 15.9. The second-order valence-electron chi connectivity index (χ2n) is 3.31. The largest absolute Gasteiger partial charge is 0.461 e. The van der Waals surface area contributed by atoms with E-state index in [1.165, 1.54) is 24.3 Å². The molecule has 0 saturated carbocycles. The fraction of sp³-hybridized carbons (Fsp3) is 0.250. The highest BCUT2D eigenvalue weighted by atomic mass is 32.2. The molecule has 106 valence electrons. The first-order chi connectivity index (χ1) is 9.56. The molecule has 0 amide bonds. The molecule has 0 aliphatic rings. The third kappa shape index (κ3) is 5.24. The van der Waals surface area contributed by atoms with E-state index in [0.29, 0.717) is 22.3 Å². The van der Waals surface area contributed by atoms with Crippen LogP contribution < -0.4 is 5.43 Å². The van der Waals surface area contributed by atoms with Gasteiger partial charge in [0.15, 0.2) is 0 Å². The molecule has 0 atom stereocenters. The van der Waals surface area contributed by atoms with Crippen LogP contribution in [-0.4, -0.2) is 24.0 Å². The molecule has 1 aromatic rings. The molecule has 0 radical (unpaired) electrons. The van der Waals surface area contributed by atoms with Gasteiger partial charge < -0.3 is 4.74 Å². The van der Waals surface area contributed by atoms with Crippen LogP contribution in [0.3, 0.4) is 0 Å². The number of carbonyl (C=O) groups excluding carboxylic acids is 1. The number of carbonyl (C=O) groups is 1. The minimum Gasteiger partial charge on any atom is -0.461 e. The van der Waals surface area contributed by atoms with E-state index in [9.17, 15) is 13.6 Å². The highest BCUT2D eigenvalue weighted by Crippen LogP contribution is 2.26. The summed E-state index contributed by atoms with van der Waals surface area (Å²) in [6.07, 6.45) is 0. The number of nitriles is 1. The molecule has 0 bridgehead atoms. The molecule has 20 heavy (non-hydrogen) atoms. The number of nitrogens with one attached hydrogen (secondary N) is 1. The number of hydrogen-bond acceptors (Lipinski definition) is 6. The summed E-state index contributed by atoms with van der Waals surface area (Å²) in [5, 5.41) is 12.3. The maximum absolute atomic E-state index is 12.1. The van der Waals surface area contributed by atoms with Crippen molar-refractivity contribution in [3.05, 3.63) is 24.3 Å². The Morgan fingerprint density at radius 2 is 2.15 bits per heavy atom. The molecule has 8 heteroatoms. The van der Waals surface area contributed by atoms with E-state index in [1.807, 2.05) is 0 Å². The number of halogens is 2. The zero-order chi connectivity index (χ0) is 15.0. The van der Waals surface area contributed by atoms with Gasteiger partial charge in [-0.3, -0.25) is 5.43 Å². The number of hydrazone groups is 1. The van der Waals surface area contributed by atoms with Crippen molar-refractivity contribution in [1.29, 1.82) is 5.26 Å². The molecule has 1 N–H and O–H groups in total. The lowest BCUT2D eigenvalue weighted by Crippen LogP contribution is -2.17. The molecule has 1 aromatic carbocycles. The lowest BCUT2D eigenvalue weighted by Gasteiger charge is -2.03. The normalized spacial score (nSPS) is 11.1. The SMILES string of the molecule is CCOC(=O)/C(C#N)=N/Nc1ccc(SC(F)F)cc1. The molecule has 0 aliphatic carbocycles. The number of alkyl halides is 2. The topological polar surface area (TPSA) is 74.5 Å². The summed E-state index contributed by atoms with van der Waals surface area (Å²) in [5.74, 6) is -3.31. The highest BCUT2D eigenvalue weighted by Gasteiger charge is 2.11. The Kier molecular flexibility index (Phi) is 6.46. The van der Waals surface area contributed by atoms with Gasteiger partial charge in [-0.15, -0.1) is 0 Å². The number of esters is 1. The number of thioether (sulfide) groups is 1. The molecule has 0 aromatic heterocycles. The van der Waals surface area contributed by atoms with Crippen molar-refractivity contribution in [1.82, 2.24) is 0 Å². The van der Waals surface area contributed by atoms with Crippen molar-refractivity contribution in [2.24, 2.45) is 5.10 Å². The van der Waals surface area contributed by atoms with Crippen molar-refractivity contribution in [2.75, 3.05) is 12.0 Å². The van der Waals surface area contributed by atoms with Crippen LogP contribution in [0.15, 0.2) is 34.3 Å². The molecular formula is C12H11F2N3O2S. The lowest BCUT2D eigenvalue weighted by molar-refractivity contribution is -0.134. The summed E-state index contributed by atoms with van der Waals surface area (Å²) in [6.45, 7) is 1.75. The minimum absolute atomic E-state index is 0.138. The standard InChI is InChI=1S/C12H11F2N3O2S/c1-2-19-11(18)10(7-15)17-16-8-3-5-9(6-4-8)20-12(13)14/h3-6,12,16H,2H2,1H3/b17-10+. The molecular weight excluding hydrogens is 288 g/mol. The van der Waals surface area contributed by atoms with Crippen molar-refractivity contribution >= 4 is 29.1 Å². The Hall–Kier alpha value is -2.14. The first-order valence-corrected chi connectivity index (χ1v) is 6.40. The Morgan fingerprint density at radius 1 is 1.50 bits per heavy atom. The highest BCUT2D eigenvalue weighted by molar-refractivity contribution is 7.99. The van der Waals surface area contributed by atoms with E-state index in [2.05, 4.69) is 15.3 Å². The number of rotatable bonds is 6. The van der Waals surface area contributed by atoms with Gasteiger partial charge in [0.2, 0.25) is 5.71 Å². The van der Waals surface area contributed by atoms with E-state index >= 15 is 0 Å². The van der Waals surface area contributed by atoms with E-state index in [1.54, 1.807) is 13.0 Å². The van der Waals surface area contributed by atoms with Crippen molar-refractivity contribution in [2.45, 2.75) is 17.6 Å². The van der Waals surface area contributed by atoms with Crippen LogP contribution in [-0.2, 0) is 9.53 Å². The summed E-state index contributed by atoms with van der Waals surface area (Å²) >= 11 is 0.424. The Bertz CT molecular complexity index is 526. The number of ether oxygens (including phenoxy) is 1. The molecule has 0 spiro atoms. The maximum atomic E-state index is 12.1. The van der Waals surface area contributed by atoms with Gasteiger partial charge in [-0.25, -0.2) is 4.79 Å². The number of benzene rings is 1. The molecule has 0 fully saturated rings. The third-order valence-corrected chi connectivity index (χ3v) is 2.67. The third-order valence-electron chi connectivity index (χ3n) is 1.95. The van der Waals surface area contributed by atoms with Crippen LogP contribution in [0.2, 0.25) is 0 Å². The van der Waals surface area contributed by atoms with Crippen molar-refractivity contribution in [3.63, 3.8) is 0 Å². The van der Waals surface area contributed by atoms with Crippen LogP contribution in [0.25, 0.3) is 0 Å². The average Bonchev–Trinajstić information content (AvgIpc) is 2.41. The van der Waals surface area contributed by atoms with Crippen LogP contribution in [0.5, 0.6) is 0 Å². The number of anilines is 1. The van der Waals surface area contributed by atoms with Gasteiger partial charge in [0.1, 0.15) is 6.07 Å². The van der Waals surface area contributed by atoms with Crippen molar-refractivity contribution in [3.8, 4) is 6.07 Å². The van der Waals surface area contributed by atoms with Crippen molar-refractivity contribution < 1.29 is 18.3 Å². The van der Waals surface area contributed by atoms with Crippen LogP contribution in [0, 0.1) is 11.3 Å². The van der Waals surface area contributed by atoms with E-state index in [-0.39, 0.29) is 6.61 Å². The molecule has 0 unspecified atom stereocenters. The summed E-state index contributed by atoms with van der Waals surface area (Å²) in [4.78, 5) is 11.7. The summed E-state index contributed by atoms with van der Waals surface area (Å²) in [7, 11) is 0. The second-order valence-corrected chi connectivity index (χ2v) is 4.37. The van der Waals surface area contributed by atoms with Gasteiger partial charge in [0.05, 0.1) is 12.3 Å². The monoisotopic (exact) mass is 299 g/mol. The zero-order valence-corrected chi connectivity index (χ0v) is 11.3. The van der Waals surface area contributed by atoms with E-state index in [0.717, 1.165) is 0 Å². The van der Waals surface area contributed by atoms with Gasteiger partial charge in [0.25, 0.3) is 5.76 Å². The second kappa shape index (κ2) is 8.12. The molecule has 0 aliphatic heterocycles. The fourth-order valence-corrected chi connectivity index (χ4v) is 1.65. The predicted octanol–water partition coefficient (Wildman–Crippen LogP) is 2.86. The number of nitrogens with zero attached hydrogens (tertiary/aromatic N) is 2. The van der Waals surface area contributed by atoms with Crippen LogP contribution in [0.1, 0.15) is 6.92 Å². The van der Waals surface area contributed by atoms with Gasteiger partial charge in [-0.1, -0.05) is 11.8 Å². The molecule has 0 heterocycles. The summed E-state index contributed by atoms with van der Waals surface area (Å²) in [5.41, 5.74) is 2.52. The quantitative estimate of drug-likeness (QED) is 0.378. The fourth-order valence-electron chi connectivity index (χ4n) is 1.15. The van der Waals surface area contributed by atoms with E-state index < -0.39 is 17.4 Å².